The highest BCUT2D eigenvalue weighted by atomic mass is 35.5. The average molecular weight is 395 g/mol. The molecular formula is C21H15ClN2O2S. The number of fused-ring (bicyclic) bond motifs is 1. The molecule has 0 aliphatic carbocycles. The fraction of sp³-hybridized carbons (Fsp3) is 0.0476. The molecule has 1 amide bonds. The monoisotopic (exact) mass is 394 g/mol. The van der Waals surface area contributed by atoms with Gasteiger partial charge < -0.3 is 4.74 Å². The van der Waals surface area contributed by atoms with E-state index < -0.39 is 0 Å². The Morgan fingerprint density at radius 3 is 2.63 bits per heavy atom. The molecule has 6 heteroatoms. The van der Waals surface area contributed by atoms with Crippen LogP contribution in [0.3, 0.4) is 0 Å². The van der Waals surface area contributed by atoms with Gasteiger partial charge in [0.25, 0.3) is 5.91 Å². The second kappa shape index (κ2) is 7.78. The van der Waals surface area contributed by atoms with Crippen molar-refractivity contribution in [3.63, 3.8) is 0 Å². The van der Waals surface area contributed by atoms with Crippen molar-refractivity contribution in [2.45, 2.75) is 6.61 Å². The van der Waals surface area contributed by atoms with E-state index in [0.717, 1.165) is 15.8 Å². The van der Waals surface area contributed by atoms with E-state index in [2.05, 4.69) is 10.3 Å². The average Bonchev–Trinajstić information content (AvgIpc) is 3.10. The van der Waals surface area contributed by atoms with Gasteiger partial charge >= 0.3 is 0 Å². The molecule has 27 heavy (non-hydrogen) atoms. The molecule has 4 nitrogen and oxygen atoms in total. The number of benzene rings is 3. The first-order valence-corrected chi connectivity index (χ1v) is 9.52. The minimum Gasteiger partial charge on any atom is -0.488 e. The Morgan fingerprint density at radius 2 is 1.81 bits per heavy atom. The third-order valence-corrected chi connectivity index (χ3v) is 5.12. The number of nitrogens with one attached hydrogen (secondary N) is 1. The van der Waals surface area contributed by atoms with E-state index in [-0.39, 0.29) is 5.91 Å². The van der Waals surface area contributed by atoms with Crippen molar-refractivity contribution in [3.05, 3.63) is 88.9 Å². The van der Waals surface area contributed by atoms with Crippen LogP contribution in [-0.4, -0.2) is 10.9 Å². The molecule has 0 bridgehead atoms. The van der Waals surface area contributed by atoms with Crippen molar-refractivity contribution in [2.24, 2.45) is 0 Å². The molecule has 4 aromatic rings. The second-order valence-electron chi connectivity index (χ2n) is 5.86. The van der Waals surface area contributed by atoms with E-state index in [1.165, 1.54) is 11.3 Å². The highest BCUT2D eigenvalue weighted by Gasteiger charge is 2.16. The zero-order valence-electron chi connectivity index (χ0n) is 14.2. The quantitative estimate of drug-likeness (QED) is 0.466. The maximum Gasteiger partial charge on any atom is 0.261 e. The number of nitrogens with zero attached hydrogens (tertiary/aromatic N) is 1. The smallest absolute Gasteiger partial charge is 0.261 e. The second-order valence-corrected chi connectivity index (χ2v) is 7.32. The molecule has 1 aromatic heterocycles. The van der Waals surface area contributed by atoms with E-state index in [9.17, 15) is 4.79 Å². The summed E-state index contributed by atoms with van der Waals surface area (Å²) < 4.78 is 6.87. The van der Waals surface area contributed by atoms with Crippen LogP contribution >= 0.6 is 22.9 Å². The van der Waals surface area contributed by atoms with Gasteiger partial charge in [0.2, 0.25) is 0 Å². The van der Waals surface area contributed by atoms with Gasteiger partial charge in [0.1, 0.15) is 12.4 Å². The van der Waals surface area contributed by atoms with Gasteiger partial charge in [-0.3, -0.25) is 10.1 Å². The number of amides is 1. The summed E-state index contributed by atoms with van der Waals surface area (Å²) in [6, 6.07) is 22.5. The van der Waals surface area contributed by atoms with Crippen LogP contribution in [-0.2, 0) is 6.61 Å². The van der Waals surface area contributed by atoms with E-state index in [4.69, 9.17) is 16.3 Å². The topological polar surface area (TPSA) is 51.2 Å². The molecular weight excluding hydrogens is 380 g/mol. The molecule has 1 N–H and O–H groups in total. The number of hydrogen-bond acceptors (Lipinski definition) is 4. The fourth-order valence-corrected chi connectivity index (χ4v) is 3.66. The molecule has 0 aliphatic rings. The molecule has 0 atom stereocenters. The lowest BCUT2D eigenvalue weighted by Crippen LogP contribution is -2.13. The largest absolute Gasteiger partial charge is 0.488 e. The lowest BCUT2D eigenvalue weighted by molar-refractivity contribution is 0.102. The summed E-state index contributed by atoms with van der Waals surface area (Å²) in [5.74, 6) is 0.168. The first-order valence-electron chi connectivity index (χ1n) is 8.32. The van der Waals surface area contributed by atoms with Gasteiger partial charge in [-0.1, -0.05) is 65.4 Å². The maximum absolute atomic E-state index is 12.8. The summed E-state index contributed by atoms with van der Waals surface area (Å²) in [5.41, 5.74) is 2.24. The predicted octanol–water partition coefficient (Wildman–Crippen LogP) is 5.78. The number of ether oxygens (including phenoxy) is 1. The van der Waals surface area contributed by atoms with Crippen molar-refractivity contribution in [1.29, 1.82) is 0 Å². The summed E-state index contributed by atoms with van der Waals surface area (Å²) in [6.07, 6.45) is 0. The van der Waals surface area contributed by atoms with E-state index >= 15 is 0 Å². The number of rotatable bonds is 5. The van der Waals surface area contributed by atoms with Crippen LogP contribution in [0, 0.1) is 0 Å². The Bertz CT molecular complexity index is 1060. The molecule has 3 aromatic carbocycles. The van der Waals surface area contributed by atoms with Crippen LogP contribution in [0.25, 0.3) is 10.2 Å². The SMILES string of the molecule is O=C(Nc1nc2ccccc2s1)c1cc(Cl)ccc1OCc1ccccc1. The molecule has 1 heterocycles. The van der Waals surface area contributed by atoms with Crippen LogP contribution in [0.1, 0.15) is 15.9 Å². The number of halogens is 1. The number of thiazole rings is 1. The normalized spacial score (nSPS) is 10.7. The third kappa shape index (κ3) is 4.10. The van der Waals surface area contributed by atoms with Gasteiger partial charge in [-0.15, -0.1) is 0 Å². The molecule has 0 aliphatic heterocycles. The lowest BCUT2D eigenvalue weighted by Gasteiger charge is -2.11. The van der Waals surface area contributed by atoms with E-state index in [1.54, 1.807) is 18.2 Å². The Balaban J connectivity index is 1.56. The zero-order chi connectivity index (χ0) is 18.6. The van der Waals surface area contributed by atoms with E-state index in [1.807, 2.05) is 54.6 Å². The number of para-hydroxylation sites is 1. The van der Waals surface area contributed by atoms with Crippen LogP contribution in [0.5, 0.6) is 5.75 Å². The Morgan fingerprint density at radius 1 is 1.04 bits per heavy atom. The zero-order valence-corrected chi connectivity index (χ0v) is 15.8. The lowest BCUT2D eigenvalue weighted by atomic mass is 10.2. The summed E-state index contributed by atoms with van der Waals surface area (Å²) >= 11 is 7.52. The van der Waals surface area contributed by atoms with Gasteiger partial charge in [-0.05, 0) is 35.9 Å². The molecule has 0 saturated heterocycles. The molecule has 0 unspecified atom stereocenters. The summed E-state index contributed by atoms with van der Waals surface area (Å²) in [6.45, 7) is 0.365. The predicted molar refractivity (Wildman–Crippen MR) is 110 cm³/mol. The highest BCUT2D eigenvalue weighted by Crippen LogP contribution is 2.28. The van der Waals surface area contributed by atoms with Gasteiger partial charge in [0.15, 0.2) is 5.13 Å². The highest BCUT2D eigenvalue weighted by molar-refractivity contribution is 7.22. The van der Waals surface area contributed by atoms with Crippen molar-refractivity contribution in [2.75, 3.05) is 5.32 Å². The fourth-order valence-electron chi connectivity index (χ4n) is 2.63. The first kappa shape index (κ1) is 17.5. The van der Waals surface area contributed by atoms with Crippen molar-refractivity contribution in [1.82, 2.24) is 4.98 Å². The standard InChI is InChI=1S/C21H15ClN2O2S/c22-15-10-11-18(26-13-14-6-2-1-3-7-14)16(12-15)20(25)24-21-23-17-8-4-5-9-19(17)27-21/h1-12H,13H2,(H,23,24,25). The molecule has 0 radical (unpaired) electrons. The summed E-state index contributed by atoms with van der Waals surface area (Å²) in [5, 5.41) is 3.85. The molecule has 0 fully saturated rings. The Kier molecular flexibility index (Phi) is 5.05. The number of carbonyl (C=O) groups is 1. The maximum atomic E-state index is 12.8. The van der Waals surface area contributed by atoms with Crippen LogP contribution in [0.2, 0.25) is 5.02 Å². The number of aromatic nitrogens is 1. The van der Waals surface area contributed by atoms with Gasteiger partial charge in [0, 0.05) is 5.02 Å². The van der Waals surface area contributed by atoms with Crippen LogP contribution in [0.15, 0.2) is 72.8 Å². The number of hydrogen-bond donors (Lipinski definition) is 1. The number of anilines is 1. The Hall–Kier alpha value is -2.89. The van der Waals surface area contributed by atoms with Crippen LogP contribution in [0.4, 0.5) is 5.13 Å². The van der Waals surface area contributed by atoms with Crippen molar-refractivity contribution < 1.29 is 9.53 Å². The molecule has 4 rings (SSSR count). The summed E-state index contributed by atoms with van der Waals surface area (Å²) in [7, 11) is 0. The first-order chi connectivity index (χ1) is 13.2. The van der Waals surface area contributed by atoms with Crippen molar-refractivity contribution >= 4 is 44.2 Å². The number of carbonyl (C=O) groups excluding carboxylic acids is 1. The third-order valence-electron chi connectivity index (χ3n) is 3.94. The van der Waals surface area contributed by atoms with Gasteiger partial charge in [0.05, 0.1) is 15.8 Å². The molecule has 0 saturated carbocycles. The summed E-state index contributed by atoms with van der Waals surface area (Å²) in [4.78, 5) is 17.2. The minimum absolute atomic E-state index is 0.306. The van der Waals surface area contributed by atoms with Gasteiger partial charge in [-0.25, -0.2) is 4.98 Å². The molecule has 134 valence electrons. The van der Waals surface area contributed by atoms with Gasteiger partial charge in [-0.2, -0.15) is 0 Å². The Labute approximate surface area is 165 Å². The molecule has 0 spiro atoms. The van der Waals surface area contributed by atoms with Crippen LogP contribution < -0.4 is 10.1 Å². The van der Waals surface area contributed by atoms with Crippen molar-refractivity contribution in [3.8, 4) is 5.75 Å². The van der Waals surface area contributed by atoms with E-state index in [0.29, 0.717) is 28.1 Å². The minimum atomic E-state index is -0.306.